The molecule has 4 heterocycles. The molecule has 43 heavy (non-hydrogen) atoms. The Morgan fingerprint density at radius 2 is 1.81 bits per heavy atom. The second kappa shape index (κ2) is 15.4. The van der Waals surface area contributed by atoms with E-state index in [4.69, 9.17) is 14.6 Å². The number of hydrogen-bond donors (Lipinski definition) is 2. The molecule has 2 bridgehead atoms. The number of carbonyl (C=O) groups is 4. The molecule has 1 saturated heterocycles. The van der Waals surface area contributed by atoms with Crippen LogP contribution in [-0.2, 0) is 20.9 Å². The first-order valence-electron chi connectivity index (χ1n) is 14.3. The minimum atomic E-state index is -0.833. The largest absolute Gasteiger partial charge is 0.492 e. The molecule has 1 aromatic carbocycles. The number of aryl methyl sites for hydroxylation is 1. The minimum Gasteiger partial charge on any atom is -0.492 e. The van der Waals surface area contributed by atoms with Gasteiger partial charge in [0, 0.05) is 69.9 Å². The normalized spacial score (nSPS) is 18.7. The number of carboxylic acid groups (broad SMARTS) is 1. The number of aliphatic carboxylic acids is 1. The lowest BCUT2D eigenvalue weighted by Gasteiger charge is -2.24. The Balaban J connectivity index is 0.000000996. The number of ether oxygens (including phenoxy) is 1. The van der Waals surface area contributed by atoms with Gasteiger partial charge in [0.15, 0.2) is 0 Å². The van der Waals surface area contributed by atoms with E-state index < -0.39 is 5.97 Å². The fraction of sp³-hybridized carbons (Fsp3) is 0.433. The van der Waals surface area contributed by atoms with Crippen molar-refractivity contribution >= 4 is 23.7 Å². The summed E-state index contributed by atoms with van der Waals surface area (Å²) in [6.45, 7) is 4.28. The Morgan fingerprint density at radius 3 is 2.56 bits per heavy atom. The van der Waals surface area contributed by atoms with E-state index in [9.17, 15) is 14.4 Å². The molecule has 2 N–H and O–H groups in total. The van der Waals surface area contributed by atoms with Gasteiger partial charge in [-0.25, -0.2) is 4.98 Å². The van der Waals surface area contributed by atoms with E-state index in [1.807, 2.05) is 24.3 Å². The lowest BCUT2D eigenvalue weighted by molar-refractivity contribution is -0.134. The van der Waals surface area contributed by atoms with E-state index in [1.165, 1.54) is 6.33 Å². The van der Waals surface area contributed by atoms with Crippen molar-refractivity contribution in [3.63, 3.8) is 0 Å². The summed E-state index contributed by atoms with van der Waals surface area (Å²) < 4.78 is 7.76. The molecule has 1 fully saturated rings. The fourth-order valence-corrected chi connectivity index (χ4v) is 5.23. The summed E-state index contributed by atoms with van der Waals surface area (Å²) in [5.74, 6) is -0.831. The molecule has 228 valence electrons. The fourth-order valence-electron chi connectivity index (χ4n) is 5.23. The number of aromatic nitrogens is 4. The molecule has 0 spiro atoms. The Hall–Kier alpha value is -4.81. The number of nitrogens with one attached hydrogen (secondary N) is 1. The average Bonchev–Trinajstić information content (AvgIpc) is 3.69. The topological polar surface area (TPSA) is 160 Å². The third-order valence-electron chi connectivity index (χ3n) is 7.29. The number of pyridine rings is 1. The smallest absolute Gasteiger partial charge is 0.300 e. The van der Waals surface area contributed by atoms with Crippen molar-refractivity contribution in [1.29, 1.82) is 0 Å². The van der Waals surface area contributed by atoms with E-state index in [1.54, 1.807) is 45.3 Å². The van der Waals surface area contributed by atoms with Gasteiger partial charge in [-0.05, 0) is 42.7 Å². The van der Waals surface area contributed by atoms with Crippen LogP contribution in [0.4, 0.5) is 0 Å². The number of likely N-dealkylation sites (tertiary alicyclic amines) is 1. The number of fused-ring (bicyclic) bond motifs is 4. The van der Waals surface area contributed by atoms with E-state index in [0.717, 1.165) is 12.5 Å². The molecule has 0 unspecified atom stereocenters. The summed E-state index contributed by atoms with van der Waals surface area (Å²) in [4.78, 5) is 60.0. The van der Waals surface area contributed by atoms with Crippen molar-refractivity contribution in [3.05, 3.63) is 72.6 Å². The molecule has 2 aliphatic heterocycles. The van der Waals surface area contributed by atoms with Gasteiger partial charge in [0.05, 0.1) is 12.5 Å². The van der Waals surface area contributed by atoms with Gasteiger partial charge in [-0.15, -0.1) is 0 Å². The number of nitrogens with zero attached hydrogens (tertiary/aromatic N) is 6. The molecule has 3 amide bonds. The van der Waals surface area contributed by atoms with Gasteiger partial charge in [-0.2, -0.15) is 5.10 Å². The van der Waals surface area contributed by atoms with Gasteiger partial charge in [0.1, 0.15) is 25.0 Å². The molecular formula is C30H37N7O6. The molecule has 13 heteroatoms. The lowest BCUT2D eigenvalue weighted by Crippen LogP contribution is -2.39. The zero-order valence-electron chi connectivity index (χ0n) is 24.2. The molecule has 0 aliphatic carbocycles. The summed E-state index contributed by atoms with van der Waals surface area (Å²) in [6, 6.07) is 11.1. The first-order chi connectivity index (χ1) is 20.8. The maximum atomic E-state index is 13.4. The maximum absolute atomic E-state index is 13.4. The van der Waals surface area contributed by atoms with Gasteiger partial charge in [-0.3, -0.25) is 28.8 Å². The zero-order chi connectivity index (χ0) is 30.6. The highest BCUT2D eigenvalue weighted by Crippen LogP contribution is 2.35. The molecule has 2 aromatic heterocycles. The molecule has 13 nitrogen and oxygen atoms in total. The number of rotatable bonds is 5. The summed E-state index contributed by atoms with van der Waals surface area (Å²) >= 11 is 0. The molecule has 0 saturated carbocycles. The molecule has 2 aliphatic rings. The molecule has 2 atom stereocenters. The minimum absolute atomic E-state index is 0.0482. The van der Waals surface area contributed by atoms with E-state index in [-0.39, 0.29) is 29.6 Å². The van der Waals surface area contributed by atoms with Crippen molar-refractivity contribution < 1.29 is 29.0 Å². The summed E-state index contributed by atoms with van der Waals surface area (Å²) in [6.07, 6.45) is 8.00. The summed E-state index contributed by atoms with van der Waals surface area (Å²) in [5.41, 5.74) is 1.51. The predicted molar refractivity (Wildman–Crippen MR) is 155 cm³/mol. The van der Waals surface area contributed by atoms with E-state index in [2.05, 4.69) is 20.4 Å². The molecular weight excluding hydrogens is 554 g/mol. The van der Waals surface area contributed by atoms with E-state index in [0.29, 0.717) is 76.5 Å². The van der Waals surface area contributed by atoms with Crippen LogP contribution in [0.25, 0.3) is 0 Å². The van der Waals surface area contributed by atoms with E-state index >= 15 is 0 Å². The number of benzene rings is 1. The molecule has 5 rings (SSSR count). The van der Waals surface area contributed by atoms with Crippen LogP contribution in [0.2, 0.25) is 0 Å². The number of carbonyl (C=O) groups excluding carboxylic acids is 3. The Labute approximate surface area is 249 Å². The number of hydrogen-bond acceptors (Lipinski definition) is 8. The molecule has 3 aromatic rings. The lowest BCUT2D eigenvalue weighted by atomic mass is 9.88. The van der Waals surface area contributed by atoms with Crippen molar-refractivity contribution in [2.75, 3.05) is 39.3 Å². The van der Waals surface area contributed by atoms with Crippen LogP contribution >= 0.6 is 0 Å². The zero-order valence-corrected chi connectivity index (χ0v) is 24.2. The van der Waals surface area contributed by atoms with Gasteiger partial charge >= 0.3 is 0 Å². The highest BCUT2D eigenvalue weighted by molar-refractivity contribution is 5.95. The van der Waals surface area contributed by atoms with Gasteiger partial charge in [0.2, 0.25) is 11.8 Å². The third-order valence-corrected chi connectivity index (χ3v) is 7.29. The van der Waals surface area contributed by atoms with Crippen molar-refractivity contribution in [2.45, 2.75) is 38.6 Å². The van der Waals surface area contributed by atoms with Crippen LogP contribution in [0.15, 0.2) is 61.4 Å². The van der Waals surface area contributed by atoms with Crippen LogP contribution in [0.5, 0.6) is 5.75 Å². The van der Waals surface area contributed by atoms with Crippen LogP contribution in [0.1, 0.15) is 48.0 Å². The van der Waals surface area contributed by atoms with Gasteiger partial charge < -0.3 is 25.0 Å². The second-order valence-corrected chi connectivity index (χ2v) is 10.4. The SMILES string of the molecule is CC(=O)O.O=C1NCCCN(C(=O)CCCn2cncn2)CCOc2cccc(c2)[C@H]2CN(C(=O)c3ccncc3)C[C@H]12. The van der Waals surface area contributed by atoms with Crippen molar-refractivity contribution in [2.24, 2.45) is 5.92 Å². The number of amides is 3. The monoisotopic (exact) mass is 591 g/mol. The van der Waals surface area contributed by atoms with Gasteiger partial charge in [-0.1, -0.05) is 12.1 Å². The predicted octanol–water partition coefficient (Wildman–Crippen LogP) is 1.83. The first kappa shape index (κ1) is 31.1. The molecule has 0 radical (unpaired) electrons. The average molecular weight is 592 g/mol. The van der Waals surface area contributed by atoms with Crippen LogP contribution in [0.3, 0.4) is 0 Å². The highest BCUT2D eigenvalue weighted by Gasteiger charge is 2.40. The van der Waals surface area contributed by atoms with Crippen molar-refractivity contribution in [1.82, 2.24) is 34.9 Å². The van der Waals surface area contributed by atoms with Crippen molar-refractivity contribution in [3.8, 4) is 5.75 Å². The third kappa shape index (κ3) is 9.09. The highest BCUT2D eigenvalue weighted by atomic mass is 16.5. The van der Waals surface area contributed by atoms with Crippen LogP contribution < -0.4 is 10.1 Å². The maximum Gasteiger partial charge on any atom is 0.300 e. The standard InChI is InChI=1S/C28H33N7O4.C2H4O2/c36-26(6-2-13-35-20-30-19-32-35)33-12-3-9-31-27(37)25-18-34(28(38)21-7-10-29-11-8-21)17-24(25)22-4-1-5-23(16-22)39-15-14-33;1-2(3)4/h1,4-5,7-8,10-11,16,19-20,24-25H,2-3,6,9,12-15,17-18H2,(H,31,37);1H3,(H,3,4)/t24-,25+;/m1./s1. The first-order valence-corrected chi connectivity index (χ1v) is 14.3. The van der Waals surface area contributed by atoms with Gasteiger partial charge in [0.25, 0.3) is 11.9 Å². The summed E-state index contributed by atoms with van der Waals surface area (Å²) in [5, 5.41) is 14.6. The Morgan fingerprint density at radius 1 is 1.05 bits per heavy atom. The number of carboxylic acids is 1. The Bertz CT molecular complexity index is 1360. The van der Waals surface area contributed by atoms with Crippen LogP contribution in [-0.4, -0.2) is 97.7 Å². The van der Waals surface area contributed by atoms with Crippen LogP contribution in [0, 0.1) is 5.92 Å². The Kier molecular flexibility index (Phi) is 11.2. The quantitative estimate of drug-likeness (QED) is 0.451. The summed E-state index contributed by atoms with van der Waals surface area (Å²) in [7, 11) is 0. The second-order valence-electron chi connectivity index (χ2n) is 10.4.